The maximum Gasteiger partial charge on any atom is 0.0922 e. The second-order valence-electron chi connectivity index (χ2n) is 4.38. The smallest absolute Gasteiger partial charge is 0.0922 e. The Bertz CT molecular complexity index is 267. The van der Waals surface area contributed by atoms with Crippen LogP contribution in [0.25, 0.3) is 0 Å². The molecule has 1 fully saturated rings. The van der Waals surface area contributed by atoms with Crippen LogP contribution in [-0.2, 0) is 0 Å². The van der Waals surface area contributed by atoms with E-state index in [1.165, 1.54) is 25.7 Å². The van der Waals surface area contributed by atoms with Crippen molar-refractivity contribution in [1.29, 1.82) is 0 Å². The second-order valence-corrected chi connectivity index (χ2v) is 5.16. The Labute approximate surface area is 95.3 Å². The van der Waals surface area contributed by atoms with Crippen molar-refractivity contribution in [3.63, 3.8) is 0 Å². The van der Waals surface area contributed by atoms with Crippen molar-refractivity contribution in [1.82, 2.24) is 5.32 Å². The first kappa shape index (κ1) is 11.1. The van der Waals surface area contributed by atoms with E-state index in [9.17, 15) is 5.11 Å². The maximum absolute atomic E-state index is 9.83. The van der Waals surface area contributed by atoms with Crippen molar-refractivity contribution in [3.8, 4) is 0 Å². The van der Waals surface area contributed by atoms with Gasteiger partial charge < -0.3 is 10.4 Å². The summed E-state index contributed by atoms with van der Waals surface area (Å²) in [5.41, 5.74) is 1.04. The minimum absolute atomic E-state index is 0.336. The Morgan fingerprint density at radius 3 is 2.93 bits per heavy atom. The summed E-state index contributed by atoms with van der Waals surface area (Å²) in [5.74, 6) is 0.847. The van der Waals surface area contributed by atoms with E-state index in [1.54, 1.807) is 11.3 Å². The number of aliphatic hydroxyl groups excluding tert-OH is 1. The van der Waals surface area contributed by atoms with Gasteiger partial charge in [-0.05, 0) is 47.7 Å². The first-order valence-corrected chi connectivity index (χ1v) is 6.71. The van der Waals surface area contributed by atoms with E-state index >= 15 is 0 Å². The molecule has 1 aromatic heterocycles. The average molecular weight is 225 g/mol. The van der Waals surface area contributed by atoms with E-state index in [1.807, 2.05) is 16.8 Å². The van der Waals surface area contributed by atoms with Gasteiger partial charge in [0, 0.05) is 6.54 Å². The van der Waals surface area contributed by atoms with Crippen LogP contribution >= 0.6 is 11.3 Å². The van der Waals surface area contributed by atoms with E-state index in [0.29, 0.717) is 6.54 Å². The molecule has 1 aliphatic carbocycles. The summed E-state index contributed by atoms with van der Waals surface area (Å²) in [6.07, 6.45) is 5.17. The fraction of sp³-hybridized carbons (Fsp3) is 0.667. The third kappa shape index (κ3) is 3.30. The van der Waals surface area contributed by atoms with Gasteiger partial charge in [0.05, 0.1) is 6.10 Å². The molecular weight excluding hydrogens is 206 g/mol. The van der Waals surface area contributed by atoms with Crippen LogP contribution in [0.1, 0.15) is 37.4 Å². The zero-order valence-corrected chi connectivity index (χ0v) is 9.80. The fourth-order valence-corrected chi connectivity index (χ4v) is 2.93. The monoisotopic (exact) mass is 225 g/mol. The van der Waals surface area contributed by atoms with Gasteiger partial charge in [-0.2, -0.15) is 11.3 Å². The number of aliphatic hydroxyl groups is 1. The largest absolute Gasteiger partial charge is 0.387 e. The first-order valence-electron chi connectivity index (χ1n) is 5.77. The second kappa shape index (κ2) is 5.64. The molecule has 0 bridgehead atoms. The number of thiophene rings is 1. The van der Waals surface area contributed by atoms with Crippen LogP contribution in [0.5, 0.6) is 0 Å². The van der Waals surface area contributed by atoms with Crippen molar-refractivity contribution in [2.75, 3.05) is 13.1 Å². The van der Waals surface area contributed by atoms with Crippen LogP contribution in [0.3, 0.4) is 0 Å². The Morgan fingerprint density at radius 1 is 1.47 bits per heavy atom. The zero-order chi connectivity index (χ0) is 10.5. The molecule has 15 heavy (non-hydrogen) atoms. The van der Waals surface area contributed by atoms with Gasteiger partial charge >= 0.3 is 0 Å². The lowest BCUT2D eigenvalue weighted by Gasteiger charge is -2.13. The van der Waals surface area contributed by atoms with Crippen LogP contribution in [0.2, 0.25) is 0 Å². The molecule has 0 radical (unpaired) electrons. The Hall–Kier alpha value is -0.380. The van der Waals surface area contributed by atoms with Crippen molar-refractivity contribution < 1.29 is 5.11 Å². The van der Waals surface area contributed by atoms with Crippen molar-refractivity contribution in [2.45, 2.75) is 31.8 Å². The molecule has 0 spiro atoms. The van der Waals surface area contributed by atoms with Gasteiger partial charge in [-0.1, -0.05) is 12.8 Å². The van der Waals surface area contributed by atoms with Crippen LogP contribution < -0.4 is 5.32 Å². The molecule has 0 amide bonds. The third-order valence-electron chi connectivity index (χ3n) is 3.17. The molecule has 0 aromatic carbocycles. The summed E-state index contributed by atoms with van der Waals surface area (Å²) in [6, 6.07) is 1.99. The predicted molar refractivity (Wildman–Crippen MR) is 64.1 cm³/mol. The third-order valence-corrected chi connectivity index (χ3v) is 3.87. The molecule has 1 aliphatic rings. The highest BCUT2D eigenvalue weighted by molar-refractivity contribution is 7.07. The quantitative estimate of drug-likeness (QED) is 0.807. The van der Waals surface area contributed by atoms with E-state index < -0.39 is 0 Å². The molecule has 2 rings (SSSR count). The highest BCUT2D eigenvalue weighted by Crippen LogP contribution is 2.24. The average Bonchev–Trinajstić information content (AvgIpc) is 2.90. The van der Waals surface area contributed by atoms with Crippen molar-refractivity contribution >= 4 is 11.3 Å². The van der Waals surface area contributed by atoms with E-state index in [-0.39, 0.29) is 6.10 Å². The van der Waals surface area contributed by atoms with Gasteiger partial charge in [0.25, 0.3) is 0 Å². The van der Waals surface area contributed by atoms with Gasteiger partial charge in [-0.3, -0.25) is 0 Å². The lowest BCUT2D eigenvalue weighted by molar-refractivity contribution is 0.173. The summed E-state index contributed by atoms with van der Waals surface area (Å²) >= 11 is 1.64. The van der Waals surface area contributed by atoms with Gasteiger partial charge in [-0.15, -0.1) is 0 Å². The van der Waals surface area contributed by atoms with Gasteiger partial charge in [0.1, 0.15) is 0 Å². The predicted octanol–water partition coefficient (Wildman–Crippen LogP) is 2.56. The number of hydrogen-bond donors (Lipinski definition) is 2. The number of hydrogen-bond acceptors (Lipinski definition) is 3. The standard InChI is InChI=1S/C12H19NOS/c14-12(11-5-6-15-9-11)8-13-7-10-3-1-2-4-10/h5-6,9-10,12-14H,1-4,7-8H2. The van der Waals surface area contributed by atoms with Crippen LogP contribution in [0, 0.1) is 5.92 Å². The lowest BCUT2D eigenvalue weighted by atomic mass is 10.1. The van der Waals surface area contributed by atoms with Gasteiger partial charge in [-0.25, -0.2) is 0 Å². The molecule has 0 aliphatic heterocycles. The van der Waals surface area contributed by atoms with Crippen LogP contribution in [-0.4, -0.2) is 18.2 Å². The van der Waals surface area contributed by atoms with Crippen LogP contribution in [0.15, 0.2) is 16.8 Å². The topological polar surface area (TPSA) is 32.3 Å². The summed E-state index contributed by atoms with van der Waals surface area (Å²) in [7, 11) is 0. The SMILES string of the molecule is OC(CNCC1CCCC1)c1ccsc1. The molecule has 1 saturated carbocycles. The molecule has 1 unspecified atom stereocenters. The minimum atomic E-state index is -0.336. The highest BCUT2D eigenvalue weighted by Gasteiger charge is 2.15. The normalized spacial score (nSPS) is 19.5. The molecule has 1 atom stereocenters. The van der Waals surface area contributed by atoms with E-state index in [0.717, 1.165) is 18.0 Å². The van der Waals surface area contributed by atoms with Crippen LogP contribution in [0.4, 0.5) is 0 Å². The zero-order valence-electron chi connectivity index (χ0n) is 8.98. The van der Waals surface area contributed by atoms with E-state index in [4.69, 9.17) is 0 Å². The summed E-state index contributed by atoms with van der Waals surface area (Å²) in [4.78, 5) is 0. The lowest BCUT2D eigenvalue weighted by Crippen LogP contribution is -2.26. The number of rotatable bonds is 5. The molecule has 1 aromatic rings. The Balaban J connectivity index is 1.65. The molecule has 0 saturated heterocycles. The summed E-state index contributed by atoms with van der Waals surface area (Å²) in [5, 5.41) is 17.2. The van der Waals surface area contributed by atoms with Crippen molar-refractivity contribution in [3.05, 3.63) is 22.4 Å². The molecule has 2 N–H and O–H groups in total. The van der Waals surface area contributed by atoms with Gasteiger partial charge in [0.2, 0.25) is 0 Å². The summed E-state index contributed by atoms with van der Waals surface area (Å²) in [6.45, 7) is 1.76. The highest BCUT2D eigenvalue weighted by atomic mass is 32.1. The summed E-state index contributed by atoms with van der Waals surface area (Å²) < 4.78 is 0. The molecule has 2 nitrogen and oxygen atoms in total. The molecule has 3 heteroatoms. The molecule has 84 valence electrons. The molecule has 1 heterocycles. The number of nitrogens with one attached hydrogen (secondary N) is 1. The van der Waals surface area contributed by atoms with E-state index in [2.05, 4.69) is 5.32 Å². The molecular formula is C12H19NOS. The minimum Gasteiger partial charge on any atom is -0.387 e. The fourth-order valence-electron chi connectivity index (χ4n) is 2.22. The van der Waals surface area contributed by atoms with Crippen molar-refractivity contribution in [2.24, 2.45) is 5.92 Å². The maximum atomic E-state index is 9.83. The first-order chi connectivity index (χ1) is 7.36. The Morgan fingerprint density at radius 2 is 2.27 bits per heavy atom. The Kier molecular flexibility index (Phi) is 4.18. The van der Waals surface area contributed by atoms with Gasteiger partial charge in [0.15, 0.2) is 0 Å².